The Kier molecular flexibility index (Phi) is 5.74. The van der Waals surface area contributed by atoms with Gasteiger partial charge < -0.3 is 5.32 Å². The molecular weight excluding hydrogens is 422 g/mol. The summed E-state index contributed by atoms with van der Waals surface area (Å²) in [4.78, 5) is 13.6. The predicted molar refractivity (Wildman–Crippen MR) is 125 cm³/mol. The molecule has 3 unspecified atom stereocenters. The van der Waals surface area contributed by atoms with E-state index in [1.54, 1.807) is 11.1 Å². The molecular formula is C26H36BrNO. The normalized spacial score (nSPS) is 34.6. The topological polar surface area (TPSA) is 29.1 Å². The van der Waals surface area contributed by atoms with Gasteiger partial charge in [0, 0.05) is 10.2 Å². The number of benzene rings is 1. The first kappa shape index (κ1) is 21.2. The lowest BCUT2D eigenvalue weighted by molar-refractivity contribution is -0.135. The molecule has 0 aliphatic heterocycles. The highest BCUT2D eigenvalue weighted by molar-refractivity contribution is 9.10. The molecule has 4 rings (SSSR count). The zero-order chi connectivity index (χ0) is 20.8. The molecule has 0 saturated heterocycles. The van der Waals surface area contributed by atoms with Crippen LogP contribution in [-0.4, -0.2) is 5.91 Å². The Morgan fingerprint density at radius 3 is 2.69 bits per heavy atom. The van der Waals surface area contributed by atoms with E-state index in [-0.39, 0.29) is 16.7 Å². The predicted octanol–water partition coefficient (Wildman–Crippen LogP) is 7.75. The van der Waals surface area contributed by atoms with Gasteiger partial charge in [-0.25, -0.2) is 0 Å². The minimum Gasteiger partial charge on any atom is -0.326 e. The molecule has 0 radical (unpaired) electrons. The number of amides is 1. The fourth-order valence-electron chi connectivity index (χ4n) is 6.86. The van der Waals surface area contributed by atoms with Crippen LogP contribution < -0.4 is 5.32 Å². The van der Waals surface area contributed by atoms with Gasteiger partial charge in [-0.15, -0.1) is 0 Å². The van der Waals surface area contributed by atoms with Crippen molar-refractivity contribution in [1.29, 1.82) is 0 Å². The van der Waals surface area contributed by atoms with Crippen LogP contribution in [0, 0.1) is 28.6 Å². The smallest absolute Gasteiger partial charge is 0.230 e. The number of hydrogen-bond donors (Lipinski definition) is 1. The fraction of sp³-hybridized carbons (Fsp3) is 0.654. The van der Waals surface area contributed by atoms with E-state index < -0.39 is 0 Å². The van der Waals surface area contributed by atoms with E-state index in [0.29, 0.717) is 5.92 Å². The van der Waals surface area contributed by atoms with Crippen molar-refractivity contribution in [2.45, 2.75) is 79.1 Å². The molecule has 3 aliphatic rings. The second kappa shape index (κ2) is 7.87. The summed E-state index contributed by atoms with van der Waals surface area (Å²) >= 11 is 3.52. The number of rotatable bonds is 3. The molecule has 1 saturated carbocycles. The SMILES string of the molecule is CC(C)C1CCC2=C(CCC3C2(C)CCC[C@@]3(C)C(=O)Nc2cccc(Br)c2)C1. The summed E-state index contributed by atoms with van der Waals surface area (Å²) in [5.41, 5.74) is 4.31. The summed E-state index contributed by atoms with van der Waals surface area (Å²) in [5, 5.41) is 3.25. The molecule has 0 aromatic heterocycles. The third kappa shape index (κ3) is 3.73. The Hall–Kier alpha value is -1.09. The van der Waals surface area contributed by atoms with E-state index in [0.717, 1.165) is 34.8 Å². The Morgan fingerprint density at radius 2 is 1.97 bits per heavy atom. The van der Waals surface area contributed by atoms with Crippen molar-refractivity contribution in [2.75, 3.05) is 5.32 Å². The molecule has 0 spiro atoms. The van der Waals surface area contributed by atoms with Crippen LogP contribution in [0.3, 0.4) is 0 Å². The van der Waals surface area contributed by atoms with Gasteiger partial charge in [0.05, 0.1) is 5.41 Å². The largest absolute Gasteiger partial charge is 0.326 e. The molecule has 1 amide bonds. The van der Waals surface area contributed by atoms with Gasteiger partial charge in [0.1, 0.15) is 0 Å². The quantitative estimate of drug-likeness (QED) is 0.461. The van der Waals surface area contributed by atoms with Crippen molar-refractivity contribution >= 4 is 27.5 Å². The number of fused-ring (bicyclic) bond motifs is 2. The molecule has 158 valence electrons. The zero-order valence-electron chi connectivity index (χ0n) is 18.5. The lowest BCUT2D eigenvalue weighted by Gasteiger charge is -2.56. The lowest BCUT2D eigenvalue weighted by Crippen LogP contribution is -2.52. The summed E-state index contributed by atoms with van der Waals surface area (Å²) in [6.45, 7) is 9.50. The van der Waals surface area contributed by atoms with E-state index >= 15 is 0 Å². The third-order valence-electron chi connectivity index (χ3n) is 8.60. The number of nitrogens with one attached hydrogen (secondary N) is 1. The highest BCUT2D eigenvalue weighted by Gasteiger charge is 2.55. The number of hydrogen-bond acceptors (Lipinski definition) is 1. The van der Waals surface area contributed by atoms with Crippen LogP contribution in [0.5, 0.6) is 0 Å². The maximum absolute atomic E-state index is 13.6. The second-order valence-electron chi connectivity index (χ2n) is 10.6. The molecule has 1 fully saturated rings. The van der Waals surface area contributed by atoms with Gasteiger partial charge >= 0.3 is 0 Å². The molecule has 1 aromatic carbocycles. The molecule has 2 nitrogen and oxygen atoms in total. The summed E-state index contributed by atoms with van der Waals surface area (Å²) in [6, 6.07) is 7.97. The Labute approximate surface area is 185 Å². The van der Waals surface area contributed by atoms with Crippen LogP contribution in [0.15, 0.2) is 39.9 Å². The summed E-state index contributed by atoms with van der Waals surface area (Å²) < 4.78 is 1.00. The van der Waals surface area contributed by atoms with Crippen molar-refractivity contribution in [3.63, 3.8) is 0 Å². The molecule has 3 heteroatoms. The van der Waals surface area contributed by atoms with Crippen LogP contribution in [0.4, 0.5) is 5.69 Å². The highest BCUT2D eigenvalue weighted by Crippen LogP contribution is 2.62. The molecule has 3 aliphatic carbocycles. The van der Waals surface area contributed by atoms with Crippen molar-refractivity contribution in [2.24, 2.45) is 28.6 Å². The number of anilines is 1. The summed E-state index contributed by atoms with van der Waals surface area (Å²) in [5.74, 6) is 2.29. The molecule has 29 heavy (non-hydrogen) atoms. The van der Waals surface area contributed by atoms with Gasteiger partial charge in [-0.05, 0) is 86.3 Å². The van der Waals surface area contributed by atoms with Gasteiger partial charge in [0.25, 0.3) is 0 Å². The molecule has 4 atom stereocenters. The maximum atomic E-state index is 13.6. The van der Waals surface area contributed by atoms with Crippen molar-refractivity contribution in [3.8, 4) is 0 Å². The Balaban J connectivity index is 1.61. The van der Waals surface area contributed by atoms with Crippen LogP contribution in [0.2, 0.25) is 0 Å². The van der Waals surface area contributed by atoms with Crippen molar-refractivity contribution in [1.82, 2.24) is 0 Å². The van der Waals surface area contributed by atoms with Gasteiger partial charge in [-0.3, -0.25) is 4.79 Å². The van der Waals surface area contributed by atoms with Gasteiger partial charge in [0.15, 0.2) is 0 Å². The van der Waals surface area contributed by atoms with E-state index in [2.05, 4.69) is 48.9 Å². The molecule has 1 aromatic rings. The maximum Gasteiger partial charge on any atom is 0.230 e. The summed E-state index contributed by atoms with van der Waals surface area (Å²) in [7, 11) is 0. The van der Waals surface area contributed by atoms with Crippen LogP contribution in [-0.2, 0) is 4.79 Å². The first-order valence-electron chi connectivity index (χ1n) is 11.5. The molecule has 0 heterocycles. The average molecular weight is 458 g/mol. The van der Waals surface area contributed by atoms with E-state index in [1.165, 1.54) is 38.5 Å². The van der Waals surface area contributed by atoms with Crippen molar-refractivity contribution in [3.05, 3.63) is 39.9 Å². The van der Waals surface area contributed by atoms with E-state index in [4.69, 9.17) is 0 Å². The lowest BCUT2D eigenvalue weighted by atomic mass is 9.48. The van der Waals surface area contributed by atoms with Crippen LogP contribution in [0.25, 0.3) is 0 Å². The molecule has 0 bridgehead atoms. The first-order chi connectivity index (χ1) is 13.7. The Bertz CT molecular complexity index is 828. The average Bonchev–Trinajstić information content (AvgIpc) is 2.67. The minimum atomic E-state index is -0.289. The van der Waals surface area contributed by atoms with Crippen LogP contribution >= 0.6 is 15.9 Å². The molecule has 1 N–H and O–H groups in total. The highest BCUT2D eigenvalue weighted by atomic mass is 79.9. The number of carbonyl (C=O) groups is 1. The van der Waals surface area contributed by atoms with E-state index in [9.17, 15) is 4.79 Å². The van der Waals surface area contributed by atoms with E-state index in [1.807, 2.05) is 24.3 Å². The van der Waals surface area contributed by atoms with Gasteiger partial charge in [-0.1, -0.05) is 67.3 Å². The second-order valence-corrected chi connectivity index (χ2v) is 11.5. The van der Waals surface area contributed by atoms with Gasteiger partial charge in [0.2, 0.25) is 5.91 Å². The fourth-order valence-corrected chi connectivity index (χ4v) is 7.26. The standard InChI is InChI=1S/C26H36BrNO/c1-17(2)18-9-11-22-19(15-18)10-12-23-25(22,3)13-6-14-26(23,4)24(29)28-21-8-5-7-20(27)16-21/h5,7-8,16-18,23H,6,9-15H2,1-4H3,(H,28,29)/t18?,23?,25?,26-/m1/s1. The third-order valence-corrected chi connectivity index (χ3v) is 9.09. The minimum absolute atomic E-state index is 0.206. The Morgan fingerprint density at radius 1 is 1.17 bits per heavy atom. The van der Waals surface area contributed by atoms with Crippen molar-refractivity contribution < 1.29 is 4.79 Å². The first-order valence-corrected chi connectivity index (χ1v) is 12.3. The zero-order valence-corrected chi connectivity index (χ0v) is 20.1. The summed E-state index contributed by atoms with van der Waals surface area (Å²) in [6.07, 6.45) is 9.68. The number of allylic oxidation sites excluding steroid dienone is 2. The van der Waals surface area contributed by atoms with Crippen LogP contribution in [0.1, 0.15) is 79.1 Å². The van der Waals surface area contributed by atoms with Gasteiger partial charge in [-0.2, -0.15) is 0 Å². The monoisotopic (exact) mass is 457 g/mol. The number of halogens is 1. The number of carbonyl (C=O) groups excluding carboxylic acids is 1.